The number of carbonyl (C=O) groups is 2. The molecule has 2 amide bonds. The second kappa shape index (κ2) is 7.91. The van der Waals surface area contributed by atoms with Crippen LogP contribution in [0.1, 0.15) is 12.0 Å². The predicted molar refractivity (Wildman–Crippen MR) is 101 cm³/mol. The van der Waals surface area contributed by atoms with Gasteiger partial charge in [0.25, 0.3) is 5.69 Å². The maximum absolute atomic E-state index is 12.8. The molecule has 12 heteroatoms. The topological polar surface area (TPSA) is 101 Å². The molecule has 0 saturated heterocycles. The van der Waals surface area contributed by atoms with Crippen LogP contribution in [0.3, 0.4) is 0 Å². The van der Waals surface area contributed by atoms with E-state index in [0.717, 1.165) is 30.0 Å². The van der Waals surface area contributed by atoms with E-state index in [9.17, 15) is 32.9 Å². The molecule has 0 bridgehead atoms. The minimum Gasteiger partial charge on any atom is -0.324 e. The standard InChI is InChI=1S/C17H11ClF3N3O4S/c18-9-2-3-10(12(6-9)24(27)28)22-15(25)7-14-16(26)23-11-5-8(17(19,20)21)1-4-13(11)29-14/h1-6,14H,7H2,(H,22,25)(H,23,26)/t14-/m1/s1. The van der Waals surface area contributed by atoms with Crippen LogP contribution in [0.15, 0.2) is 41.3 Å². The first-order valence-corrected chi connectivity index (χ1v) is 9.23. The Morgan fingerprint density at radius 3 is 2.66 bits per heavy atom. The SMILES string of the molecule is O=C(C[C@H]1Sc2ccc(C(F)(F)F)cc2NC1=O)Nc1ccc(Cl)cc1[N+](=O)[O-]. The van der Waals surface area contributed by atoms with E-state index < -0.39 is 39.4 Å². The molecule has 7 nitrogen and oxygen atoms in total. The molecular weight excluding hydrogens is 435 g/mol. The molecule has 1 heterocycles. The maximum atomic E-state index is 12.8. The number of nitrogens with one attached hydrogen (secondary N) is 2. The summed E-state index contributed by atoms with van der Waals surface area (Å²) in [6.45, 7) is 0. The molecule has 3 rings (SSSR count). The van der Waals surface area contributed by atoms with Gasteiger partial charge in [0.2, 0.25) is 11.8 Å². The van der Waals surface area contributed by atoms with E-state index in [1.54, 1.807) is 0 Å². The van der Waals surface area contributed by atoms with Crippen molar-refractivity contribution >= 4 is 52.2 Å². The van der Waals surface area contributed by atoms with Gasteiger partial charge in [0, 0.05) is 22.4 Å². The second-order valence-electron chi connectivity index (χ2n) is 5.98. The number of halogens is 4. The largest absolute Gasteiger partial charge is 0.416 e. The number of nitro groups is 1. The number of nitrogens with zero attached hydrogens (tertiary/aromatic N) is 1. The zero-order chi connectivity index (χ0) is 21.3. The summed E-state index contributed by atoms with van der Waals surface area (Å²) in [4.78, 5) is 35.2. The molecule has 0 saturated carbocycles. The summed E-state index contributed by atoms with van der Waals surface area (Å²) in [5, 5.41) is 15.0. The van der Waals surface area contributed by atoms with Gasteiger partial charge in [-0.15, -0.1) is 11.8 Å². The number of carbonyl (C=O) groups excluding carboxylic acids is 2. The first-order chi connectivity index (χ1) is 13.5. The van der Waals surface area contributed by atoms with E-state index in [-0.39, 0.29) is 22.8 Å². The average Bonchev–Trinajstić information content (AvgIpc) is 2.62. The van der Waals surface area contributed by atoms with Crippen LogP contribution >= 0.6 is 23.4 Å². The van der Waals surface area contributed by atoms with Crippen LogP contribution < -0.4 is 10.6 Å². The van der Waals surface area contributed by atoms with Gasteiger partial charge < -0.3 is 10.6 Å². The maximum Gasteiger partial charge on any atom is 0.416 e. The summed E-state index contributed by atoms with van der Waals surface area (Å²) >= 11 is 6.66. The molecule has 2 N–H and O–H groups in total. The highest BCUT2D eigenvalue weighted by Gasteiger charge is 2.34. The molecule has 2 aromatic carbocycles. The number of alkyl halides is 3. The Balaban J connectivity index is 1.73. The van der Waals surface area contributed by atoms with Gasteiger partial charge in [-0.2, -0.15) is 13.2 Å². The molecule has 1 aliphatic rings. The van der Waals surface area contributed by atoms with E-state index in [0.29, 0.717) is 4.90 Å². The molecule has 0 spiro atoms. The lowest BCUT2D eigenvalue weighted by molar-refractivity contribution is -0.383. The van der Waals surface area contributed by atoms with Crippen molar-refractivity contribution in [1.82, 2.24) is 0 Å². The number of hydrogen-bond acceptors (Lipinski definition) is 5. The van der Waals surface area contributed by atoms with Gasteiger partial charge in [0.15, 0.2) is 0 Å². The van der Waals surface area contributed by atoms with Crippen LogP contribution in [0.25, 0.3) is 0 Å². The van der Waals surface area contributed by atoms with Crippen molar-refractivity contribution < 1.29 is 27.7 Å². The monoisotopic (exact) mass is 445 g/mol. The Hall–Kier alpha value is -2.79. The fraction of sp³-hybridized carbons (Fsp3) is 0.176. The third kappa shape index (κ3) is 4.80. The molecule has 0 aromatic heterocycles. The molecule has 2 aromatic rings. The van der Waals surface area contributed by atoms with Gasteiger partial charge in [-0.05, 0) is 30.3 Å². The minimum absolute atomic E-state index is 0.0137. The molecule has 0 radical (unpaired) electrons. The fourth-order valence-corrected chi connectivity index (χ4v) is 3.85. The van der Waals surface area contributed by atoms with Crippen molar-refractivity contribution in [2.45, 2.75) is 22.7 Å². The zero-order valence-corrected chi connectivity index (χ0v) is 15.8. The zero-order valence-electron chi connectivity index (χ0n) is 14.2. The quantitative estimate of drug-likeness (QED) is 0.524. The Kier molecular flexibility index (Phi) is 5.71. The van der Waals surface area contributed by atoms with Gasteiger partial charge in [0.05, 0.1) is 21.4 Å². The van der Waals surface area contributed by atoms with Gasteiger partial charge >= 0.3 is 6.18 Å². The smallest absolute Gasteiger partial charge is 0.324 e. The normalized spacial score (nSPS) is 16.0. The highest BCUT2D eigenvalue weighted by atomic mass is 35.5. The molecule has 1 atom stereocenters. The Morgan fingerprint density at radius 1 is 1.28 bits per heavy atom. The van der Waals surface area contributed by atoms with Gasteiger partial charge in [-0.1, -0.05) is 11.6 Å². The first-order valence-electron chi connectivity index (χ1n) is 7.97. The molecular formula is C17H11ClF3N3O4S. The number of nitro benzene ring substituents is 1. The van der Waals surface area contributed by atoms with E-state index >= 15 is 0 Å². The molecule has 0 unspecified atom stereocenters. The molecule has 0 aliphatic carbocycles. The Morgan fingerprint density at radius 2 is 2.00 bits per heavy atom. The van der Waals surface area contributed by atoms with E-state index in [1.807, 2.05) is 0 Å². The van der Waals surface area contributed by atoms with Crippen molar-refractivity contribution in [3.63, 3.8) is 0 Å². The van der Waals surface area contributed by atoms with Gasteiger partial charge in [0.1, 0.15) is 5.69 Å². The van der Waals surface area contributed by atoms with Crippen molar-refractivity contribution in [2.75, 3.05) is 10.6 Å². The summed E-state index contributed by atoms with van der Waals surface area (Å²) in [6.07, 6.45) is -4.88. The summed E-state index contributed by atoms with van der Waals surface area (Å²) in [7, 11) is 0. The highest BCUT2D eigenvalue weighted by Crippen LogP contribution is 2.40. The van der Waals surface area contributed by atoms with Crippen LogP contribution in [0.2, 0.25) is 5.02 Å². The number of rotatable bonds is 4. The van der Waals surface area contributed by atoms with Crippen LogP contribution in [0, 0.1) is 10.1 Å². The minimum atomic E-state index is -4.55. The van der Waals surface area contributed by atoms with E-state index in [1.165, 1.54) is 18.2 Å². The number of hydrogen-bond donors (Lipinski definition) is 2. The van der Waals surface area contributed by atoms with Crippen molar-refractivity contribution in [3.05, 3.63) is 57.1 Å². The van der Waals surface area contributed by atoms with Crippen LogP contribution in [0.4, 0.5) is 30.2 Å². The lowest BCUT2D eigenvalue weighted by atomic mass is 10.1. The summed E-state index contributed by atoms with van der Waals surface area (Å²) in [5.41, 5.74) is -1.37. The number of fused-ring (bicyclic) bond motifs is 1. The lowest BCUT2D eigenvalue weighted by Gasteiger charge is -2.24. The summed E-state index contributed by atoms with van der Waals surface area (Å²) in [5.74, 6) is -1.30. The van der Waals surface area contributed by atoms with Gasteiger partial charge in [-0.3, -0.25) is 19.7 Å². The summed E-state index contributed by atoms with van der Waals surface area (Å²) in [6, 6.07) is 6.64. The van der Waals surface area contributed by atoms with E-state index in [4.69, 9.17) is 11.6 Å². The number of amides is 2. The highest BCUT2D eigenvalue weighted by molar-refractivity contribution is 8.01. The van der Waals surface area contributed by atoms with Crippen LogP contribution in [-0.2, 0) is 15.8 Å². The Bertz CT molecular complexity index is 1020. The molecule has 0 fully saturated rings. The van der Waals surface area contributed by atoms with Crippen molar-refractivity contribution in [1.29, 1.82) is 0 Å². The lowest BCUT2D eigenvalue weighted by Crippen LogP contribution is -2.32. The van der Waals surface area contributed by atoms with E-state index in [2.05, 4.69) is 10.6 Å². The summed E-state index contributed by atoms with van der Waals surface area (Å²) < 4.78 is 38.4. The second-order valence-corrected chi connectivity index (χ2v) is 7.66. The third-order valence-corrected chi connectivity index (χ3v) is 5.44. The van der Waals surface area contributed by atoms with Gasteiger partial charge in [-0.25, -0.2) is 0 Å². The molecule has 1 aliphatic heterocycles. The van der Waals surface area contributed by atoms with Crippen molar-refractivity contribution in [2.24, 2.45) is 0 Å². The fourth-order valence-electron chi connectivity index (χ4n) is 2.59. The number of anilines is 2. The predicted octanol–water partition coefficient (Wildman–Crippen LogP) is 4.71. The number of benzene rings is 2. The molecule has 152 valence electrons. The Labute approximate surface area is 170 Å². The third-order valence-electron chi connectivity index (χ3n) is 3.93. The average molecular weight is 446 g/mol. The molecule has 29 heavy (non-hydrogen) atoms. The van der Waals surface area contributed by atoms with Crippen LogP contribution in [0.5, 0.6) is 0 Å². The number of thioether (sulfide) groups is 1. The first kappa shape index (κ1) is 20.9. The van der Waals surface area contributed by atoms with Crippen LogP contribution in [-0.4, -0.2) is 22.0 Å². The van der Waals surface area contributed by atoms with Crippen molar-refractivity contribution in [3.8, 4) is 0 Å².